The number of fused-ring (bicyclic) bond motifs is 1. The maximum absolute atomic E-state index is 12.3. The highest BCUT2D eigenvalue weighted by atomic mass is 16.6. The third-order valence-electron chi connectivity index (χ3n) is 3.86. The normalized spacial score (nSPS) is 12.4. The molecular formula is C19H19NO7. The van der Waals surface area contributed by atoms with Gasteiger partial charge in [0.2, 0.25) is 0 Å². The van der Waals surface area contributed by atoms with Gasteiger partial charge in [0.25, 0.3) is 5.69 Å². The number of aryl methyl sites for hydroxylation is 2. The summed E-state index contributed by atoms with van der Waals surface area (Å²) < 4.78 is 21.4. The van der Waals surface area contributed by atoms with Gasteiger partial charge in [-0.15, -0.1) is 0 Å². The van der Waals surface area contributed by atoms with E-state index in [1.165, 1.54) is 12.1 Å². The largest absolute Gasteiger partial charge is 0.490 e. The van der Waals surface area contributed by atoms with Crippen LogP contribution in [0.4, 0.5) is 5.69 Å². The summed E-state index contributed by atoms with van der Waals surface area (Å²) in [5.74, 6) is 0.379. The highest BCUT2D eigenvalue weighted by Gasteiger charge is 2.27. The van der Waals surface area contributed by atoms with Gasteiger partial charge in [0.1, 0.15) is 37.7 Å². The fraction of sp³-hybridized carbons (Fsp3) is 0.316. The summed E-state index contributed by atoms with van der Waals surface area (Å²) in [5, 5.41) is 11.3. The quantitative estimate of drug-likeness (QED) is 0.332. The Morgan fingerprint density at radius 3 is 2.30 bits per heavy atom. The topological polar surface area (TPSA) is 97.1 Å². The van der Waals surface area contributed by atoms with Crippen molar-refractivity contribution in [2.24, 2.45) is 0 Å². The van der Waals surface area contributed by atoms with Gasteiger partial charge in [-0.05, 0) is 37.1 Å². The zero-order chi connectivity index (χ0) is 19.4. The molecule has 0 bridgehead atoms. The van der Waals surface area contributed by atoms with Gasteiger partial charge in [-0.2, -0.15) is 0 Å². The van der Waals surface area contributed by atoms with Gasteiger partial charge < -0.3 is 18.9 Å². The minimum Gasteiger partial charge on any atom is -0.490 e. The zero-order valence-electron chi connectivity index (χ0n) is 15.0. The zero-order valence-corrected chi connectivity index (χ0v) is 15.0. The molecule has 2 aromatic rings. The molecule has 0 N–H and O–H groups in total. The Labute approximate surface area is 155 Å². The van der Waals surface area contributed by atoms with Crippen LogP contribution in [0.3, 0.4) is 0 Å². The van der Waals surface area contributed by atoms with Crippen LogP contribution < -0.4 is 14.2 Å². The van der Waals surface area contributed by atoms with Gasteiger partial charge in [0, 0.05) is 6.07 Å². The lowest BCUT2D eigenvalue weighted by Gasteiger charge is -2.18. The fourth-order valence-corrected chi connectivity index (χ4v) is 2.78. The number of nitrogens with zero attached hydrogens (tertiary/aromatic N) is 1. The maximum atomic E-state index is 12.3. The molecule has 0 spiro atoms. The first-order valence-corrected chi connectivity index (χ1v) is 8.40. The molecule has 3 rings (SSSR count). The minimum atomic E-state index is -0.817. The van der Waals surface area contributed by atoms with E-state index < -0.39 is 10.9 Å². The minimum absolute atomic E-state index is 0.0442. The SMILES string of the molecule is Cc1cc(C)cc(OCCOC(=O)c2cc3c(cc2[N+](=O)[O-])OCCO3)c1. The molecule has 2 aromatic carbocycles. The van der Waals surface area contributed by atoms with E-state index in [9.17, 15) is 14.9 Å². The van der Waals surface area contributed by atoms with Crippen LogP contribution >= 0.6 is 0 Å². The van der Waals surface area contributed by atoms with E-state index >= 15 is 0 Å². The third kappa shape index (κ3) is 4.46. The van der Waals surface area contributed by atoms with Crippen molar-refractivity contribution in [3.8, 4) is 17.2 Å². The van der Waals surface area contributed by atoms with E-state index in [0.29, 0.717) is 19.0 Å². The molecule has 1 heterocycles. The molecule has 1 aliphatic rings. The average molecular weight is 373 g/mol. The maximum Gasteiger partial charge on any atom is 0.345 e. The molecule has 0 aromatic heterocycles. The molecule has 0 saturated heterocycles. The molecule has 0 aliphatic carbocycles. The van der Waals surface area contributed by atoms with Crippen molar-refractivity contribution in [3.05, 3.63) is 57.1 Å². The molecule has 0 saturated carbocycles. The van der Waals surface area contributed by atoms with E-state index in [2.05, 4.69) is 0 Å². The van der Waals surface area contributed by atoms with Crippen LogP contribution in [0.5, 0.6) is 17.2 Å². The van der Waals surface area contributed by atoms with Crippen LogP contribution in [-0.4, -0.2) is 37.3 Å². The number of hydrogen-bond acceptors (Lipinski definition) is 7. The molecule has 27 heavy (non-hydrogen) atoms. The first-order valence-electron chi connectivity index (χ1n) is 8.40. The first-order chi connectivity index (χ1) is 12.9. The lowest BCUT2D eigenvalue weighted by Crippen LogP contribution is -2.18. The molecule has 8 heteroatoms. The highest BCUT2D eigenvalue weighted by Crippen LogP contribution is 2.36. The van der Waals surface area contributed by atoms with E-state index in [1.54, 1.807) is 0 Å². The molecule has 0 fully saturated rings. The summed E-state index contributed by atoms with van der Waals surface area (Å²) in [6.45, 7) is 4.61. The molecule has 0 radical (unpaired) electrons. The van der Waals surface area contributed by atoms with E-state index in [0.717, 1.165) is 11.1 Å². The van der Waals surface area contributed by atoms with Crippen molar-refractivity contribution < 1.29 is 28.7 Å². The van der Waals surface area contributed by atoms with Crippen LogP contribution in [0.25, 0.3) is 0 Å². The molecular weight excluding hydrogens is 354 g/mol. The van der Waals surface area contributed by atoms with Crippen molar-refractivity contribution in [1.82, 2.24) is 0 Å². The van der Waals surface area contributed by atoms with Crippen molar-refractivity contribution in [2.45, 2.75) is 13.8 Å². The van der Waals surface area contributed by atoms with Gasteiger partial charge in [-0.3, -0.25) is 10.1 Å². The number of carbonyl (C=O) groups is 1. The second-order valence-electron chi connectivity index (χ2n) is 6.08. The average Bonchev–Trinajstić information content (AvgIpc) is 2.63. The van der Waals surface area contributed by atoms with Gasteiger partial charge in [0.15, 0.2) is 11.5 Å². The number of nitro groups is 1. The molecule has 0 amide bonds. The monoisotopic (exact) mass is 373 g/mol. The Balaban J connectivity index is 1.64. The number of esters is 1. The van der Waals surface area contributed by atoms with E-state index in [1.807, 2.05) is 32.0 Å². The van der Waals surface area contributed by atoms with Crippen LogP contribution in [0, 0.1) is 24.0 Å². The fourth-order valence-electron chi connectivity index (χ4n) is 2.78. The second kappa shape index (κ2) is 7.94. The van der Waals surface area contributed by atoms with Crippen LogP contribution in [-0.2, 0) is 4.74 Å². The Morgan fingerprint density at radius 2 is 1.67 bits per heavy atom. The Kier molecular flexibility index (Phi) is 5.44. The second-order valence-corrected chi connectivity index (χ2v) is 6.08. The summed E-state index contributed by atoms with van der Waals surface area (Å²) in [6.07, 6.45) is 0. The Morgan fingerprint density at radius 1 is 1.04 bits per heavy atom. The smallest absolute Gasteiger partial charge is 0.345 e. The number of benzene rings is 2. The molecule has 0 atom stereocenters. The van der Waals surface area contributed by atoms with Crippen LogP contribution in [0.2, 0.25) is 0 Å². The summed E-state index contributed by atoms with van der Waals surface area (Å²) in [7, 11) is 0. The van der Waals surface area contributed by atoms with Crippen molar-refractivity contribution in [2.75, 3.05) is 26.4 Å². The summed E-state index contributed by atoms with van der Waals surface area (Å²) in [4.78, 5) is 22.9. The number of rotatable bonds is 6. The molecule has 1 aliphatic heterocycles. The third-order valence-corrected chi connectivity index (χ3v) is 3.86. The highest BCUT2D eigenvalue weighted by molar-refractivity contribution is 5.95. The lowest BCUT2D eigenvalue weighted by atomic mass is 10.1. The van der Waals surface area contributed by atoms with Gasteiger partial charge >= 0.3 is 5.97 Å². The standard InChI is InChI=1S/C19H19NO7/c1-12-7-13(2)9-14(8-12)24-3-6-27-19(21)15-10-17-18(26-5-4-25-17)11-16(15)20(22)23/h7-11H,3-6H2,1-2H3. The van der Waals surface area contributed by atoms with Crippen molar-refractivity contribution in [3.63, 3.8) is 0 Å². The molecule has 0 unspecified atom stereocenters. The van der Waals surface area contributed by atoms with Crippen molar-refractivity contribution >= 4 is 11.7 Å². The summed E-state index contributed by atoms with van der Waals surface area (Å²) >= 11 is 0. The molecule has 8 nitrogen and oxygen atoms in total. The first kappa shape index (κ1) is 18.5. The van der Waals surface area contributed by atoms with E-state index in [4.69, 9.17) is 18.9 Å². The van der Waals surface area contributed by atoms with Crippen molar-refractivity contribution in [1.29, 1.82) is 0 Å². The number of carbonyl (C=O) groups excluding carboxylic acids is 1. The molecule has 142 valence electrons. The van der Waals surface area contributed by atoms with Gasteiger partial charge in [-0.1, -0.05) is 6.07 Å². The number of nitro benzene ring substituents is 1. The predicted molar refractivity (Wildman–Crippen MR) is 95.8 cm³/mol. The summed E-state index contributed by atoms with van der Waals surface area (Å²) in [6, 6.07) is 8.23. The van der Waals surface area contributed by atoms with Gasteiger partial charge in [-0.25, -0.2) is 4.79 Å². The number of ether oxygens (including phenoxy) is 4. The number of hydrogen-bond donors (Lipinski definition) is 0. The predicted octanol–water partition coefficient (Wildman–Crippen LogP) is 3.22. The Hall–Kier alpha value is -3.29. The lowest BCUT2D eigenvalue weighted by molar-refractivity contribution is -0.385. The Bertz CT molecular complexity index is 858. The van der Waals surface area contributed by atoms with E-state index in [-0.39, 0.29) is 36.0 Å². The van der Waals surface area contributed by atoms with Crippen LogP contribution in [0.15, 0.2) is 30.3 Å². The van der Waals surface area contributed by atoms with Gasteiger partial charge in [0.05, 0.1) is 11.0 Å². The van der Waals surface area contributed by atoms with Crippen LogP contribution in [0.1, 0.15) is 21.5 Å². The summed E-state index contributed by atoms with van der Waals surface area (Å²) in [5.41, 5.74) is 1.55.